The molecule has 0 aliphatic carbocycles. The largest absolute Gasteiger partial charge is 0.382 e. The van der Waals surface area contributed by atoms with Gasteiger partial charge in [0.2, 0.25) is 0 Å². The van der Waals surface area contributed by atoms with Gasteiger partial charge in [0.1, 0.15) is 5.78 Å². The maximum absolute atomic E-state index is 12.3. The molecule has 2 bridgehead atoms. The van der Waals surface area contributed by atoms with Gasteiger partial charge in [0.05, 0.1) is 43.5 Å². The molecular weight excluding hydrogens is 320 g/mol. The highest BCUT2D eigenvalue weighted by molar-refractivity contribution is 7.92. The molecule has 0 spiro atoms. The summed E-state index contributed by atoms with van der Waals surface area (Å²) in [5, 5.41) is -0.585. The lowest BCUT2D eigenvalue weighted by Crippen LogP contribution is -2.45. The Hall–Kier alpha value is -0.500. The lowest BCUT2D eigenvalue weighted by molar-refractivity contribution is -0.124. The van der Waals surface area contributed by atoms with Gasteiger partial charge in [-0.05, 0) is 25.7 Å². The predicted molar refractivity (Wildman–Crippen MR) is 86.2 cm³/mol. The van der Waals surface area contributed by atoms with Crippen LogP contribution in [0.4, 0.5) is 0 Å². The molecule has 134 valence electrons. The molecule has 2 atom stereocenters. The van der Waals surface area contributed by atoms with Gasteiger partial charge in [0.15, 0.2) is 9.84 Å². The first-order valence-electron chi connectivity index (χ1n) is 8.45. The number of ether oxygens (including phenoxy) is 3. The van der Waals surface area contributed by atoms with Crippen molar-refractivity contribution in [2.45, 2.75) is 49.0 Å². The number of ketones is 1. The second-order valence-electron chi connectivity index (χ2n) is 6.37. The molecular formula is C16H28O6S. The van der Waals surface area contributed by atoms with E-state index in [0.717, 1.165) is 19.3 Å². The van der Waals surface area contributed by atoms with E-state index < -0.39 is 9.84 Å². The van der Waals surface area contributed by atoms with E-state index in [9.17, 15) is 13.2 Å². The minimum absolute atomic E-state index is 0.102. The molecule has 2 aliphatic rings. The Morgan fingerprint density at radius 3 is 2.13 bits per heavy atom. The molecule has 2 rings (SSSR count). The third kappa shape index (κ3) is 5.24. The van der Waals surface area contributed by atoms with E-state index >= 15 is 0 Å². The Balaban J connectivity index is 1.63. The van der Waals surface area contributed by atoms with Gasteiger partial charge in [-0.3, -0.25) is 4.79 Å². The van der Waals surface area contributed by atoms with Crippen LogP contribution in [0.5, 0.6) is 0 Å². The Morgan fingerprint density at radius 2 is 1.52 bits per heavy atom. The van der Waals surface area contributed by atoms with Crippen LogP contribution in [0, 0.1) is 5.92 Å². The van der Waals surface area contributed by atoms with Crippen LogP contribution < -0.4 is 0 Å². The molecule has 0 aromatic carbocycles. The lowest BCUT2D eigenvalue weighted by atomic mass is 9.86. The molecule has 0 amide bonds. The summed E-state index contributed by atoms with van der Waals surface area (Å²) in [6.07, 6.45) is 3.80. The number of rotatable bonds is 10. The molecule has 23 heavy (non-hydrogen) atoms. The standard InChI is InChI=1S/C16H28O6S/c1-20-7-8-22-10-9-21-6-5-16(17)13-11-14-3-2-4-15(12-13)23(14,18)19/h13-15H,2-12H2,1H3. The van der Waals surface area contributed by atoms with Crippen molar-refractivity contribution >= 4 is 15.6 Å². The van der Waals surface area contributed by atoms with Crippen molar-refractivity contribution in [3.05, 3.63) is 0 Å². The summed E-state index contributed by atoms with van der Waals surface area (Å²) in [4.78, 5) is 12.3. The molecule has 0 saturated carbocycles. The second-order valence-corrected chi connectivity index (χ2v) is 8.88. The zero-order chi connectivity index (χ0) is 16.7. The van der Waals surface area contributed by atoms with Gasteiger partial charge in [-0.1, -0.05) is 6.42 Å². The lowest BCUT2D eigenvalue weighted by Gasteiger charge is -2.38. The first-order valence-corrected chi connectivity index (χ1v) is 10.1. The molecule has 6 nitrogen and oxygen atoms in total. The number of sulfone groups is 1. The van der Waals surface area contributed by atoms with Crippen molar-refractivity contribution in [2.24, 2.45) is 5.92 Å². The minimum atomic E-state index is -2.98. The van der Waals surface area contributed by atoms with Crippen LogP contribution in [0.3, 0.4) is 0 Å². The van der Waals surface area contributed by atoms with Crippen molar-refractivity contribution in [1.29, 1.82) is 0 Å². The molecule has 0 radical (unpaired) electrons. The summed E-state index contributed by atoms with van der Waals surface area (Å²) in [6, 6.07) is 0. The van der Waals surface area contributed by atoms with Gasteiger partial charge >= 0.3 is 0 Å². The van der Waals surface area contributed by atoms with Gasteiger partial charge in [0.25, 0.3) is 0 Å². The zero-order valence-electron chi connectivity index (χ0n) is 13.9. The highest BCUT2D eigenvalue weighted by Crippen LogP contribution is 2.39. The Bertz CT molecular complexity index is 455. The van der Waals surface area contributed by atoms with Crippen LogP contribution in [-0.2, 0) is 28.8 Å². The number of hydrogen-bond donors (Lipinski definition) is 0. The number of carbonyl (C=O) groups is 1. The van der Waals surface area contributed by atoms with Gasteiger partial charge in [0, 0.05) is 19.4 Å². The van der Waals surface area contributed by atoms with Gasteiger partial charge in [-0.15, -0.1) is 0 Å². The van der Waals surface area contributed by atoms with E-state index in [1.54, 1.807) is 7.11 Å². The maximum atomic E-state index is 12.3. The topological polar surface area (TPSA) is 78.9 Å². The Morgan fingerprint density at radius 1 is 0.957 bits per heavy atom. The summed E-state index contributed by atoms with van der Waals surface area (Å²) >= 11 is 0. The number of fused-ring (bicyclic) bond motifs is 2. The molecule has 2 saturated heterocycles. The Labute approximate surface area is 138 Å². The predicted octanol–water partition coefficient (Wildman–Crippen LogP) is 1.37. The fraction of sp³-hybridized carbons (Fsp3) is 0.938. The second kappa shape index (κ2) is 9.11. The summed E-state index contributed by atoms with van der Waals surface area (Å²) in [5.41, 5.74) is 0. The smallest absolute Gasteiger partial charge is 0.156 e. The van der Waals surface area contributed by atoms with Crippen LogP contribution in [-0.4, -0.2) is 64.8 Å². The summed E-state index contributed by atoms with van der Waals surface area (Å²) in [7, 11) is -1.36. The molecule has 7 heteroatoms. The van der Waals surface area contributed by atoms with E-state index in [-0.39, 0.29) is 22.2 Å². The third-order valence-corrected chi connectivity index (χ3v) is 7.54. The van der Waals surface area contributed by atoms with Crippen LogP contribution >= 0.6 is 0 Å². The summed E-state index contributed by atoms with van der Waals surface area (Å²) < 4.78 is 40.0. The average molecular weight is 348 g/mol. The molecule has 0 aromatic heterocycles. The maximum Gasteiger partial charge on any atom is 0.156 e. The molecule has 2 fully saturated rings. The highest BCUT2D eigenvalue weighted by atomic mass is 32.2. The van der Waals surface area contributed by atoms with Gasteiger partial charge < -0.3 is 14.2 Å². The number of methoxy groups -OCH3 is 1. The van der Waals surface area contributed by atoms with Crippen molar-refractivity contribution < 1.29 is 27.4 Å². The quantitative estimate of drug-likeness (QED) is 0.555. The Kier molecular flexibility index (Phi) is 7.46. The summed E-state index contributed by atoms with van der Waals surface area (Å²) in [5.74, 6) is 0.0486. The van der Waals surface area contributed by atoms with E-state index in [1.807, 2.05) is 0 Å². The number of Topliss-reactive ketones (excluding diaryl/α,β-unsaturated/α-hetero) is 1. The van der Waals surface area contributed by atoms with Gasteiger partial charge in [-0.25, -0.2) is 8.42 Å². The number of carbonyl (C=O) groups excluding carboxylic acids is 1. The average Bonchev–Trinajstić information content (AvgIpc) is 2.48. The number of hydrogen-bond acceptors (Lipinski definition) is 6. The molecule has 2 unspecified atom stereocenters. The fourth-order valence-corrected chi connectivity index (χ4v) is 6.05. The van der Waals surface area contributed by atoms with E-state index in [1.165, 1.54) is 0 Å². The first kappa shape index (κ1) is 18.8. The highest BCUT2D eigenvalue weighted by Gasteiger charge is 2.45. The molecule has 0 aromatic rings. The van der Waals surface area contributed by atoms with Crippen LogP contribution in [0.15, 0.2) is 0 Å². The molecule has 2 aliphatic heterocycles. The fourth-order valence-electron chi connectivity index (χ4n) is 3.51. The van der Waals surface area contributed by atoms with E-state index in [0.29, 0.717) is 52.3 Å². The third-order valence-electron chi connectivity index (χ3n) is 4.83. The van der Waals surface area contributed by atoms with Gasteiger partial charge in [-0.2, -0.15) is 0 Å². The van der Waals surface area contributed by atoms with Crippen molar-refractivity contribution in [3.8, 4) is 0 Å². The zero-order valence-corrected chi connectivity index (χ0v) is 14.7. The van der Waals surface area contributed by atoms with E-state index in [4.69, 9.17) is 14.2 Å². The van der Waals surface area contributed by atoms with E-state index in [2.05, 4.69) is 0 Å². The first-order chi connectivity index (χ1) is 11.1. The monoisotopic (exact) mass is 348 g/mol. The molecule has 0 N–H and O–H groups in total. The molecule has 2 heterocycles. The van der Waals surface area contributed by atoms with Crippen LogP contribution in [0.25, 0.3) is 0 Å². The van der Waals surface area contributed by atoms with Crippen LogP contribution in [0.2, 0.25) is 0 Å². The normalized spacial score (nSPS) is 29.3. The van der Waals surface area contributed by atoms with Crippen molar-refractivity contribution in [2.75, 3.05) is 40.1 Å². The van der Waals surface area contributed by atoms with Crippen molar-refractivity contribution in [3.63, 3.8) is 0 Å². The summed E-state index contributed by atoms with van der Waals surface area (Å²) in [6.45, 7) is 2.43. The van der Waals surface area contributed by atoms with Crippen molar-refractivity contribution in [1.82, 2.24) is 0 Å². The van der Waals surface area contributed by atoms with Crippen LogP contribution in [0.1, 0.15) is 38.5 Å². The minimum Gasteiger partial charge on any atom is -0.382 e. The SMILES string of the molecule is COCCOCCOCCC(=O)C1CC2CCCC(C1)S2(=O)=O.